The van der Waals surface area contributed by atoms with Crippen LogP contribution in [-0.4, -0.2) is 50.2 Å². The Hall–Kier alpha value is -3.96. The highest BCUT2D eigenvalue weighted by Crippen LogP contribution is 2.28. The number of anilines is 1. The summed E-state index contributed by atoms with van der Waals surface area (Å²) in [5.74, 6) is -0.268. The highest BCUT2D eigenvalue weighted by atomic mass is 35.5. The number of aromatic nitrogens is 3. The highest BCUT2D eigenvalue weighted by molar-refractivity contribution is 6.30. The summed E-state index contributed by atoms with van der Waals surface area (Å²) in [7, 11) is 0. The van der Waals surface area contributed by atoms with Crippen LogP contribution < -0.4 is 16.2 Å². The fourth-order valence-corrected chi connectivity index (χ4v) is 3.79. The molecule has 0 amide bonds. The predicted molar refractivity (Wildman–Crippen MR) is 142 cm³/mol. The smallest absolute Gasteiger partial charge is 0.389 e. The van der Waals surface area contributed by atoms with Gasteiger partial charge in [0.15, 0.2) is 0 Å². The van der Waals surface area contributed by atoms with Gasteiger partial charge in [-0.05, 0) is 49.8 Å². The number of pyridine rings is 1. The Kier molecular flexibility index (Phi) is 7.43. The first-order valence-corrected chi connectivity index (χ1v) is 11.8. The van der Waals surface area contributed by atoms with E-state index in [0.717, 1.165) is 0 Å². The van der Waals surface area contributed by atoms with Gasteiger partial charge in [-0.3, -0.25) is 9.36 Å². The van der Waals surface area contributed by atoms with Gasteiger partial charge in [0.05, 0.1) is 22.4 Å². The first-order valence-electron chi connectivity index (χ1n) is 11.4. The Bertz CT molecular complexity index is 1530. The number of benzene rings is 1. The zero-order valence-corrected chi connectivity index (χ0v) is 21.2. The maximum Gasteiger partial charge on any atom is 0.405 e. The zero-order valence-electron chi connectivity index (χ0n) is 20.4. The Labute approximate surface area is 220 Å². The molecule has 1 aromatic carbocycles. The van der Waals surface area contributed by atoms with Crippen molar-refractivity contribution in [1.29, 1.82) is 5.41 Å². The maximum absolute atomic E-state index is 13.8. The summed E-state index contributed by atoms with van der Waals surface area (Å²) < 4.78 is 39.5. The van der Waals surface area contributed by atoms with Crippen molar-refractivity contribution < 1.29 is 18.3 Å². The average Bonchev–Trinajstić information content (AvgIpc) is 2.83. The number of nitrogens with one attached hydrogen (secondary N) is 3. The highest BCUT2D eigenvalue weighted by Gasteiger charge is 2.27. The summed E-state index contributed by atoms with van der Waals surface area (Å²) in [5, 5.41) is 24.1. The van der Waals surface area contributed by atoms with E-state index in [1.807, 2.05) is 0 Å². The van der Waals surface area contributed by atoms with E-state index in [2.05, 4.69) is 20.6 Å². The standard InChI is InChI=1S/C26H24ClF3N6O2/c1-25(2,38)13-32-10-16-9-19(7-8-20(16)31)36-12-17-11-33-24(34-14-26(28,29)30)35-22(17)21(23(36)37)15-3-5-18(27)6-4-15/h3-12,31-32,38H,13-14H2,1-2H3,(H,34,35)/b16-10-,31-20?. The summed E-state index contributed by atoms with van der Waals surface area (Å²) >= 11 is 6.03. The van der Waals surface area contributed by atoms with Crippen molar-refractivity contribution in [3.8, 4) is 11.1 Å². The van der Waals surface area contributed by atoms with Crippen molar-refractivity contribution in [1.82, 2.24) is 19.9 Å². The van der Waals surface area contributed by atoms with Crippen LogP contribution in [0.2, 0.25) is 5.02 Å². The molecular formula is C26H24ClF3N6O2. The van der Waals surface area contributed by atoms with Crippen LogP contribution in [0.5, 0.6) is 0 Å². The van der Waals surface area contributed by atoms with E-state index in [-0.39, 0.29) is 29.3 Å². The molecule has 12 heteroatoms. The van der Waals surface area contributed by atoms with Gasteiger partial charge >= 0.3 is 6.18 Å². The number of hydrogen-bond acceptors (Lipinski definition) is 7. The van der Waals surface area contributed by atoms with Gasteiger partial charge in [-0.2, -0.15) is 13.2 Å². The van der Waals surface area contributed by atoms with Gasteiger partial charge in [0.2, 0.25) is 5.95 Å². The minimum atomic E-state index is -4.47. The van der Waals surface area contributed by atoms with E-state index in [1.165, 1.54) is 23.0 Å². The normalized spacial score (nSPS) is 15.2. The summed E-state index contributed by atoms with van der Waals surface area (Å²) in [4.78, 5) is 22.0. The van der Waals surface area contributed by atoms with Gasteiger partial charge in [-0.25, -0.2) is 9.97 Å². The molecule has 0 atom stereocenters. The average molecular weight is 545 g/mol. The Morgan fingerprint density at radius 2 is 1.87 bits per heavy atom. The van der Waals surface area contributed by atoms with Crippen molar-refractivity contribution >= 4 is 39.9 Å². The Morgan fingerprint density at radius 1 is 1.16 bits per heavy atom. The molecule has 4 N–H and O–H groups in total. The monoisotopic (exact) mass is 544 g/mol. The van der Waals surface area contributed by atoms with E-state index in [0.29, 0.717) is 27.2 Å². The van der Waals surface area contributed by atoms with Gasteiger partial charge in [0, 0.05) is 46.8 Å². The molecule has 0 saturated carbocycles. The lowest BCUT2D eigenvalue weighted by molar-refractivity contribution is -0.115. The van der Waals surface area contributed by atoms with E-state index in [4.69, 9.17) is 17.0 Å². The molecule has 0 unspecified atom stereocenters. The molecule has 8 nitrogen and oxygen atoms in total. The lowest BCUT2D eigenvalue weighted by atomic mass is 10.0. The van der Waals surface area contributed by atoms with E-state index in [9.17, 15) is 23.1 Å². The Balaban J connectivity index is 1.85. The Morgan fingerprint density at radius 3 is 2.53 bits per heavy atom. The quantitative estimate of drug-likeness (QED) is 0.341. The molecule has 2 heterocycles. The third-order valence-corrected chi connectivity index (χ3v) is 5.69. The van der Waals surface area contributed by atoms with Crippen LogP contribution in [0, 0.1) is 5.41 Å². The first kappa shape index (κ1) is 27.1. The van der Waals surface area contributed by atoms with Crippen LogP contribution in [0.3, 0.4) is 0 Å². The molecule has 1 aliphatic rings. The number of rotatable bonds is 7. The largest absolute Gasteiger partial charge is 0.405 e. The summed E-state index contributed by atoms with van der Waals surface area (Å²) in [5.41, 5.74) is 0.470. The van der Waals surface area contributed by atoms with Crippen molar-refractivity contribution in [3.63, 3.8) is 0 Å². The van der Waals surface area contributed by atoms with Crippen molar-refractivity contribution in [3.05, 3.63) is 82.0 Å². The molecule has 3 aromatic rings. The lowest BCUT2D eigenvalue weighted by Gasteiger charge is -2.18. The van der Waals surface area contributed by atoms with Gasteiger partial charge < -0.3 is 21.1 Å². The second-order valence-corrected chi connectivity index (χ2v) is 9.70. The number of nitrogens with zero attached hydrogens (tertiary/aromatic N) is 3. The molecule has 0 fully saturated rings. The SMILES string of the molecule is CC(C)(O)CN/C=C1/C=C(n2cc3cnc(NCC(F)(F)F)nc3c(-c3ccc(Cl)cc3)c2=O)C=CC1=N. The number of fused-ring (bicyclic) bond motifs is 1. The van der Waals surface area contributed by atoms with Gasteiger partial charge in [-0.15, -0.1) is 0 Å². The fourth-order valence-electron chi connectivity index (χ4n) is 3.67. The van der Waals surface area contributed by atoms with Crippen molar-refractivity contribution in [2.24, 2.45) is 0 Å². The zero-order chi connectivity index (χ0) is 27.7. The van der Waals surface area contributed by atoms with Crippen molar-refractivity contribution in [2.45, 2.75) is 25.6 Å². The van der Waals surface area contributed by atoms with Crippen LogP contribution in [0.15, 0.2) is 71.5 Å². The van der Waals surface area contributed by atoms with Crippen LogP contribution in [-0.2, 0) is 0 Å². The molecule has 0 saturated heterocycles. The van der Waals surface area contributed by atoms with E-state index in [1.54, 1.807) is 56.5 Å². The van der Waals surface area contributed by atoms with Crippen LogP contribution in [0.1, 0.15) is 13.8 Å². The lowest BCUT2D eigenvalue weighted by Crippen LogP contribution is -2.32. The molecule has 198 valence electrons. The second kappa shape index (κ2) is 10.4. The third-order valence-electron chi connectivity index (χ3n) is 5.44. The van der Waals surface area contributed by atoms with Crippen LogP contribution in [0.25, 0.3) is 27.7 Å². The number of allylic oxidation sites excluding steroid dienone is 5. The molecule has 0 radical (unpaired) electrons. The van der Waals surface area contributed by atoms with Gasteiger partial charge in [0.25, 0.3) is 5.56 Å². The third kappa shape index (κ3) is 6.48. The van der Waals surface area contributed by atoms with Gasteiger partial charge in [0.1, 0.15) is 6.54 Å². The number of alkyl halides is 3. The predicted octanol–water partition coefficient (Wildman–Crippen LogP) is 4.76. The molecule has 4 rings (SSSR count). The fraction of sp³-hybridized carbons (Fsp3) is 0.231. The molecular weight excluding hydrogens is 521 g/mol. The van der Waals surface area contributed by atoms with Crippen LogP contribution >= 0.6 is 11.6 Å². The maximum atomic E-state index is 13.8. The van der Waals surface area contributed by atoms with Crippen molar-refractivity contribution in [2.75, 3.05) is 18.4 Å². The van der Waals surface area contributed by atoms with E-state index >= 15 is 0 Å². The number of aliphatic hydroxyl groups is 1. The first-order chi connectivity index (χ1) is 17.8. The minimum Gasteiger partial charge on any atom is -0.389 e. The van der Waals surface area contributed by atoms with E-state index < -0.39 is 23.9 Å². The molecule has 38 heavy (non-hydrogen) atoms. The summed E-state index contributed by atoms with van der Waals surface area (Å²) in [6.07, 6.45) is 4.73. The molecule has 0 spiro atoms. The molecule has 2 aromatic heterocycles. The van der Waals surface area contributed by atoms with Crippen LogP contribution in [0.4, 0.5) is 19.1 Å². The molecule has 0 aliphatic heterocycles. The van der Waals surface area contributed by atoms with Gasteiger partial charge in [-0.1, -0.05) is 23.7 Å². The number of halogens is 4. The minimum absolute atomic E-state index is 0.150. The second-order valence-electron chi connectivity index (χ2n) is 9.26. The molecule has 1 aliphatic carbocycles. The molecule has 0 bridgehead atoms. The summed E-state index contributed by atoms with van der Waals surface area (Å²) in [6.45, 7) is 2.21. The topological polar surface area (TPSA) is 116 Å². The number of hydrogen-bond donors (Lipinski definition) is 4. The summed E-state index contributed by atoms with van der Waals surface area (Å²) in [6, 6.07) is 6.44.